The normalized spacial score (nSPS) is 11.4. The first kappa shape index (κ1) is 17.3. The van der Waals surface area contributed by atoms with Gasteiger partial charge in [-0.25, -0.2) is 13.1 Å². The van der Waals surface area contributed by atoms with Crippen LogP contribution in [0.25, 0.3) is 0 Å². The maximum atomic E-state index is 11.5. The maximum absolute atomic E-state index is 11.5. The van der Waals surface area contributed by atoms with E-state index in [-0.39, 0.29) is 18.3 Å². The van der Waals surface area contributed by atoms with Gasteiger partial charge in [-0.2, -0.15) is 0 Å². The molecule has 0 unspecified atom stereocenters. The molecule has 0 fully saturated rings. The van der Waals surface area contributed by atoms with Crippen LogP contribution in [0.3, 0.4) is 0 Å². The van der Waals surface area contributed by atoms with E-state index in [0.717, 1.165) is 0 Å². The number of hydrogen-bond donors (Lipinski definition) is 2. The third-order valence-electron chi connectivity index (χ3n) is 1.98. The molecule has 0 atom stereocenters. The molecule has 0 saturated heterocycles. The lowest BCUT2D eigenvalue weighted by atomic mass is 10.4. The minimum atomic E-state index is -3.30. The predicted molar refractivity (Wildman–Crippen MR) is 67.8 cm³/mol. The molecule has 0 aliphatic heterocycles. The first-order chi connectivity index (χ1) is 8.48. The molecule has 0 aromatic heterocycles. The summed E-state index contributed by atoms with van der Waals surface area (Å²) in [6.45, 7) is 3.16. The van der Waals surface area contributed by atoms with Crippen LogP contribution >= 0.6 is 0 Å². The minimum absolute atomic E-state index is 0.0726. The van der Waals surface area contributed by atoms with Crippen LogP contribution in [-0.4, -0.2) is 60.1 Å². The van der Waals surface area contributed by atoms with E-state index in [4.69, 9.17) is 9.47 Å². The lowest BCUT2D eigenvalue weighted by Crippen LogP contribution is -2.31. The fourth-order valence-electron chi connectivity index (χ4n) is 1.07. The van der Waals surface area contributed by atoms with Gasteiger partial charge in [0.2, 0.25) is 15.9 Å². The second-order valence-electron chi connectivity index (χ2n) is 3.65. The van der Waals surface area contributed by atoms with E-state index in [1.165, 1.54) is 6.92 Å². The quantitative estimate of drug-likeness (QED) is 0.479. The Balaban J connectivity index is 3.52. The van der Waals surface area contributed by atoms with E-state index in [2.05, 4.69) is 10.0 Å². The number of methoxy groups -OCH3 is 1. The van der Waals surface area contributed by atoms with Gasteiger partial charge in [0.1, 0.15) is 0 Å². The van der Waals surface area contributed by atoms with Gasteiger partial charge >= 0.3 is 0 Å². The lowest BCUT2D eigenvalue weighted by Gasteiger charge is -2.07. The van der Waals surface area contributed by atoms with Gasteiger partial charge in [-0.1, -0.05) is 0 Å². The molecule has 8 heteroatoms. The number of sulfonamides is 1. The van der Waals surface area contributed by atoms with Crippen LogP contribution in [0.1, 0.15) is 13.3 Å². The highest BCUT2D eigenvalue weighted by Gasteiger charge is 2.08. The Labute approximate surface area is 108 Å². The van der Waals surface area contributed by atoms with Gasteiger partial charge in [-0.3, -0.25) is 4.79 Å². The fraction of sp³-hybridized carbons (Fsp3) is 0.900. The summed E-state index contributed by atoms with van der Waals surface area (Å²) in [5.74, 6) is -0.193. The van der Waals surface area contributed by atoms with Crippen LogP contribution in [-0.2, 0) is 24.3 Å². The molecule has 0 bridgehead atoms. The van der Waals surface area contributed by atoms with Crippen molar-refractivity contribution in [1.29, 1.82) is 0 Å². The molecule has 0 aliphatic carbocycles. The highest BCUT2D eigenvalue weighted by molar-refractivity contribution is 7.89. The van der Waals surface area contributed by atoms with Gasteiger partial charge in [0.25, 0.3) is 0 Å². The molecule has 0 aromatic carbocycles. The number of carbonyl (C=O) groups excluding carboxylic acids is 1. The first-order valence-electron chi connectivity index (χ1n) is 5.76. The number of nitrogens with one attached hydrogen (secondary N) is 2. The lowest BCUT2D eigenvalue weighted by molar-refractivity contribution is -0.118. The maximum Gasteiger partial charge on any atom is 0.216 e. The average Bonchev–Trinajstić information content (AvgIpc) is 2.27. The van der Waals surface area contributed by atoms with Crippen LogP contribution in [0, 0.1) is 0 Å². The summed E-state index contributed by atoms with van der Waals surface area (Å²) in [4.78, 5) is 10.6. The van der Waals surface area contributed by atoms with Crippen molar-refractivity contribution in [1.82, 2.24) is 10.0 Å². The van der Waals surface area contributed by atoms with Crippen molar-refractivity contribution in [2.75, 3.05) is 45.8 Å². The van der Waals surface area contributed by atoms with E-state index < -0.39 is 10.0 Å². The highest BCUT2D eigenvalue weighted by Crippen LogP contribution is 1.87. The zero-order valence-corrected chi connectivity index (χ0v) is 11.7. The van der Waals surface area contributed by atoms with Crippen LogP contribution < -0.4 is 10.0 Å². The molecule has 0 heterocycles. The van der Waals surface area contributed by atoms with Crippen molar-refractivity contribution in [3.63, 3.8) is 0 Å². The number of rotatable bonds is 11. The van der Waals surface area contributed by atoms with Gasteiger partial charge in [0, 0.05) is 27.1 Å². The van der Waals surface area contributed by atoms with Gasteiger partial charge in [-0.15, -0.1) is 0 Å². The Morgan fingerprint density at radius 2 is 1.89 bits per heavy atom. The zero-order valence-electron chi connectivity index (χ0n) is 10.9. The topological polar surface area (TPSA) is 93.7 Å². The number of hydrogen-bond acceptors (Lipinski definition) is 5. The molecular formula is C10H22N2O5S. The first-order valence-corrected chi connectivity index (χ1v) is 7.41. The molecule has 0 aromatic rings. The van der Waals surface area contributed by atoms with Crippen LogP contribution in [0.2, 0.25) is 0 Å². The summed E-state index contributed by atoms with van der Waals surface area (Å²) >= 11 is 0. The number of carbonyl (C=O) groups is 1. The predicted octanol–water partition coefficient (Wildman–Crippen LogP) is -0.905. The van der Waals surface area contributed by atoms with E-state index in [9.17, 15) is 13.2 Å². The van der Waals surface area contributed by atoms with Crippen molar-refractivity contribution in [2.24, 2.45) is 0 Å². The second-order valence-corrected chi connectivity index (χ2v) is 5.58. The number of ether oxygens (including phenoxy) is 2. The smallest absolute Gasteiger partial charge is 0.216 e. The Bertz CT molecular complexity index is 318. The second kappa shape index (κ2) is 10.2. The molecule has 0 radical (unpaired) electrons. The monoisotopic (exact) mass is 282 g/mol. The summed E-state index contributed by atoms with van der Waals surface area (Å²) in [6, 6.07) is 0. The van der Waals surface area contributed by atoms with Crippen molar-refractivity contribution in [3.05, 3.63) is 0 Å². The molecule has 18 heavy (non-hydrogen) atoms. The third-order valence-corrected chi connectivity index (χ3v) is 3.33. The molecule has 1 amide bonds. The SMILES string of the molecule is COCCOCCS(=O)(=O)NCCCNC(C)=O. The average molecular weight is 282 g/mol. The molecule has 0 aliphatic rings. The summed E-state index contributed by atoms with van der Waals surface area (Å²) in [6.07, 6.45) is 0.559. The van der Waals surface area contributed by atoms with Crippen molar-refractivity contribution in [2.45, 2.75) is 13.3 Å². The third kappa shape index (κ3) is 11.8. The van der Waals surface area contributed by atoms with E-state index in [1.807, 2.05) is 0 Å². The van der Waals surface area contributed by atoms with Gasteiger partial charge in [0.15, 0.2) is 0 Å². The summed E-state index contributed by atoms with van der Waals surface area (Å²) in [5.41, 5.74) is 0. The van der Waals surface area contributed by atoms with E-state index in [1.54, 1.807) is 7.11 Å². The Morgan fingerprint density at radius 3 is 2.50 bits per heavy atom. The fourth-order valence-corrected chi connectivity index (χ4v) is 2.00. The summed E-state index contributed by atoms with van der Waals surface area (Å²) < 4.78 is 35.2. The van der Waals surface area contributed by atoms with E-state index in [0.29, 0.717) is 32.7 Å². The highest BCUT2D eigenvalue weighted by atomic mass is 32.2. The Hall–Kier alpha value is -0.700. The van der Waals surface area contributed by atoms with Gasteiger partial charge in [-0.05, 0) is 6.42 Å². The largest absolute Gasteiger partial charge is 0.382 e. The van der Waals surface area contributed by atoms with Gasteiger partial charge in [0.05, 0.1) is 25.6 Å². The summed E-state index contributed by atoms with van der Waals surface area (Å²) in [7, 11) is -1.75. The zero-order chi connectivity index (χ0) is 13.9. The molecule has 0 spiro atoms. The summed E-state index contributed by atoms with van der Waals surface area (Å²) in [5, 5.41) is 2.59. The van der Waals surface area contributed by atoms with Crippen LogP contribution in [0.4, 0.5) is 0 Å². The molecule has 0 saturated carbocycles. The molecule has 108 valence electrons. The van der Waals surface area contributed by atoms with Gasteiger partial charge < -0.3 is 14.8 Å². The minimum Gasteiger partial charge on any atom is -0.382 e. The van der Waals surface area contributed by atoms with Crippen molar-refractivity contribution >= 4 is 15.9 Å². The standard InChI is InChI=1S/C10H22N2O5S/c1-10(13)11-4-3-5-12-18(14,15)9-8-17-7-6-16-2/h12H,3-9H2,1-2H3,(H,11,13). The molecular weight excluding hydrogens is 260 g/mol. The van der Waals surface area contributed by atoms with E-state index >= 15 is 0 Å². The Kier molecular flexibility index (Phi) is 9.85. The Morgan fingerprint density at radius 1 is 1.17 bits per heavy atom. The molecule has 2 N–H and O–H groups in total. The molecule has 7 nitrogen and oxygen atoms in total. The van der Waals surface area contributed by atoms with Crippen LogP contribution in [0.15, 0.2) is 0 Å². The number of amides is 1. The molecule has 0 rings (SSSR count). The van der Waals surface area contributed by atoms with Crippen molar-refractivity contribution in [3.8, 4) is 0 Å². The van der Waals surface area contributed by atoms with Crippen molar-refractivity contribution < 1.29 is 22.7 Å². The van der Waals surface area contributed by atoms with Crippen LogP contribution in [0.5, 0.6) is 0 Å².